The highest BCUT2D eigenvalue weighted by Crippen LogP contribution is 2.48. The van der Waals surface area contributed by atoms with Gasteiger partial charge in [0.25, 0.3) is 0 Å². The summed E-state index contributed by atoms with van der Waals surface area (Å²) in [5.41, 5.74) is 8.68. The van der Waals surface area contributed by atoms with Gasteiger partial charge in [0, 0.05) is 16.5 Å². The molecule has 0 spiro atoms. The molecule has 1 heteroatoms. The van der Waals surface area contributed by atoms with E-state index < -0.39 is 0 Å². The predicted molar refractivity (Wildman–Crippen MR) is 202 cm³/mol. The molecule has 1 aromatic heterocycles. The molecule has 10 aromatic rings. The Labute approximate surface area is 272 Å². The Morgan fingerprint density at radius 2 is 0.872 bits per heavy atom. The van der Waals surface area contributed by atoms with Crippen LogP contribution < -0.4 is 0 Å². The molecule has 0 aliphatic carbocycles. The Bertz CT molecular complexity index is 2780. The molecule has 0 unspecified atom stereocenters. The summed E-state index contributed by atoms with van der Waals surface area (Å²) in [5, 5.41) is 12.7. The third kappa shape index (κ3) is 3.84. The van der Waals surface area contributed by atoms with Crippen LogP contribution in [0.3, 0.4) is 0 Å². The summed E-state index contributed by atoms with van der Waals surface area (Å²) in [6.07, 6.45) is 0. The van der Waals surface area contributed by atoms with Crippen LogP contribution in [0.4, 0.5) is 0 Å². The van der Waals surface area contributed by atoms with Gasteiger partial charge in [-0.05, 0) is 95.7 Å². The topological polar surface area (TPSA) is 4.93 Å². The fraction of sp³-hybridized carbons (Fsp3) is 0. The standard InChI is InChI=1S/C46H29N/c1-2-16-34(17-3-1)47-41-24-12-23-40(46(41)45-35-18-7-6-14-31(35)27-28-42(45)47)44-38-21-10-8-19-36(38)43(37-20-9-11-22-39(37)44)33-26-25-30-13-4-5-15-32(30)29-33/h1-29H. The summed E-state index contributed by atoms with van der Waals surface area (Å²) in [7, 11) is 0. The first-order valence-electron chi connectivity index (χ1n) is 16.3. The third-order valence-corrected chi connectivity index (χ3v) is 9.93. The van der Waals surface area contributed by atoms with Crippen LogP contribution in [-0.2, 0) is 0 Å². The van der Waals surface area contributed by atoms with E-state index in [0.29, 0.717) is 0 Å². The van der Waals surface area contributed by atoms with Crippen LogP contribution in [0.2, 0.25) is 0 Å². The Morgan fingerprint density at radius 3 is 1.60 bits per heavy atom. The lowest BCUT2D eigenvalue weighted by molar-refractivity contribution is 1.18. The second kappa shape index (κ2) is 10.2. The molecule has 0 saturated carbocycles. The monoisotopic (exact) mass is 595 g/mol. The highest BCUT2D eigenvalue weighted by atomic mass is 15.0. The van der Waals surface area contributed by atoms with Crippen molar-refractivity contribution in [1.82, 2.24) is 4.57 Å². The molecular weight excluding hydrogens is 567 g/mol. The lowest BCUT2D eigenvalue weighted by Gasteiger charge is -2.19. The first-order chi connectivity index (χ1) is 23.3. The zero-order chi connectivity index (χ0) is 30.9. The van der Waals surface area contributed by atoms with Crippen LogP contribution in [0.5, 0.6) is 0 Å². The predicted octanol–water partition coefficient (Wildman–Crippen LogP) is 12.7. The largest absolute Gasteiger partial charge is 0.309 e. The van der Waals surface area contributed by atoms with Crippen molar-refractivity contribution in [2.24, 2.45) is 0 Å². The fourth-order valence-electron chi connectivity index (χ4n) is 7.97. The minimum Gasteiger partial charge on any atom is -0.309 e. The Balaban J connectivity index is 1.39. The van der Waals surface area contributed by atoms with Crippen molar-refractivity contribution in [1.29, 1.82) is 0 Å². The van der Waals surface area contributed by atoms with Crippen molar-refractivity contribution in [3.8, 4) is 27.9 Å². The fourth-order valence-corrected chi connectivity index (χ4v) is 7.97. The van der Waals surface area contributed by atoms with E-state index in [1.54, 1.807) is 0 Å². The van der Waals surface area contributed by atoms with E-state index in [2.05, 4.69) is 180 Å². The molecule has 0 aliphatic heterocycles. The quantitative estimate of drug-likeness (QED) is 0.179. The summed E-state index contributed by atoms with van der Waals surface area (Å²) >= 11 is 0. The molecule has 1 nitrogen and oxygen atoms in total. The SMILES string of the molecule is c1ccc(-n2c3cccc(-c4c5ccccc5c(-c5ccc6ccccc6c5)c5ccccc45)c3c3c4ccccc4ccc32)cc1. The highest BCUT2D eigenvalue weighted by molar-refractivity contribution is 6.30. The van der Waals surface area contributed by atoms with Crippen LogP contribution in [0.15, 0.2) is 176 Å². The van der Waals surface area contributed by atoms with E-state index in [1.807, 2.05) is 0 Å². The van der Waals surface area contributed by atoms with Gasteiger partial charge >= 0.3 is 0 Å². The van der Waals surface area contributed by atoms with Gasteiger partial charge in [-0.2, -0.15) is 0 Å². The molecule has 1 heterocycles. The van der Waals surface area contributed by atoms with Crippen molar-refractivity contribution in [3.63, 3.8) is 0 Å². The number of rotatable bonds is 3. The van der Waals surface area contributed by atoms with Gasteiger partial charge in [-0.25, -0.2) is 0 Å². The Morgan fingerprint density at radius 1 is 0.319 bits per heavy atom. The minimum atomic E-state index is 1.17. The third-order valence-electron chi connectivity index (χ3n) is 9.93. The molecule has 47 heavy (non-hydrogen) atoms. The van der Waals surface area contributed by atoms with Gasteiger partial charge in [-0.1, -0.05) is 146 Å². The molecule has 0 fully saturated rings. The number of hydrogen-bond acceptors (Lipinski definition) is 0. The number of fused-ring (bicyclic) bond motifs is 8. The van der Waals surface area contributed by atoms with E-state index in [4.69, 9.17) is 0 Å². The van der Waals surface area contributed by atoms with E-state index >= 15 is 0 Å². The lowest BCUT2D eigenvalue weighted by Crippen LogP contribution is -1.94. The Hall–Kier alpha value is -6.18. The summed E-state index contributed by atoms with van der Waals surface area (Å²) in [6, 6.07) is 64.5. The van der Waals surface area contributed by atoms with Gasteiger partial charge in [0.15, 0.2) is 0 Å². The average Bonchev–Trinajstić information content (AvgIpc) is 3.49. The van der Waals surface area contributed by atoms with Crippen LogP contribution in [0, 0.1) is 0 Å². The first-order valence-corrected chi connectivity index (χ1v) is 16.3. The number of benzene rings is 9. The number of hydrogen-bond donors (Lipinski definition) is 0. The number of para-hydroxylation sites is 1. The number of nitrogens with zero attached hydrogens (tertiary/aromatic N) is 1. The summed E-state index contributed by atoms with van der Waals surface area (Å²) in [4.78, 5) is 0. The van der Waals surface area contributed by atoms with Crippen molar-refractivity contribution in [3.05, 3.63) is 176 Å². The minimum absolute atomic E-state index is 1.17. The smallest absolute Gasteiger partial charge is 0.0547 e. The van der Waals surface area contributed by atoms with Gasteiger partial charge in [0.1, 0.15) is 0 Å². The van der Waals surface area contributed by atoms with E-state index in [0.717, 1.165) is 0 Å². The summed E-state index contributed by atoms with van der Waals surface area (Å²) in [5.74, 6) is 0. The molecular formula is C46H29N. The number of aromatic nitrogens is 1. The van der Waals surface area contributed by atoms with Crippen LogP contribution in [-0.4, -0.2) is 4.57 Å². The van der Waals surface area contributed by atoms with Crippen LogP contribution >= 0.6 is 0 Å². The van der Waals surface area contributed by atoms with Crippen molar-refractivity contribution < 1.29 is 0 Å². The maximum absolute atomic E-state index is 2.44. The molecule has 0 atom stereocenters. The average molecular weight is 596 g/mol. The van der Waals surface area contributed by atoms with Gasteiger partial charge in [-0.15, -0.1) is 0 Å². The maximum Gasteiger partial charge on any atom is 0.0547 e. The van der Waals surface area contributed by atoms with Gasteiger partial charge in [0.2, 0.25) is 0 Å². The summed E-state index contributed by atoms with van der Waals surface area (Å²) in [6.45, 7) is 0. The first kappa shape index (κ1) is 26.1. The molecule has 0 bridgehead atoms. The molecule has 9 aromatic carbocycles. The molecule has 0 saturated heterocycles. The maximum atomic E-state index is 2.44. The van der Waals surface area contributed by atoms with Gasteiger partial charge in [0.05, 0.1) is 11.0 Å². The molecule has 0 N–H and O–H groups in total. The van der Waals surface area contributed by atoms with Gasteiger partial charge in [-0.3, -0.25) is 0 Å². The van der Waals surface area contributed by atoms with E-state index in [-0.39, 0.29) is 0 Å². The van der Waals surface area contributed by atoms with E-state index in [9.17, 15) is 0 Å². The molecule has 0 radical (unpaired) electrons. The van der Waals surface area contributed by atoms with Crippen molar-refractivity contribution >= 4 is 64.9 Å². The zero-order valence-electron chi connectivity index (χ0n) is 25.7. The van der Waals surface area contributed by atoms with Gasteiger partial charge < -0.3 is 4.57 Å². The second-order valence-electron chi connectivity index (χ2n) is 12.5. The molecule has 0 aliphatic rings. The van der Waals surface area contributed by atoms with Crippen LogP contribution in [0.25, 0.3) is 92.8 Å². The molecule has 218 valence electrons. The molecule has 0 amide bonds. The second-order valence-corrected chi connectivity index (χ2v) is 12.5. The lowest BCUT2D eigenvalue weighted by atomic mass is 9.84. The molecule has 10 rings (SSSR count). The van der Waals surface area contributed by atoms with Crippen molar-refractivity contribution in [2.45, 2.75) is 0 Å². The summed E-state index contributed by atoms with van der Waals surface area (Å²) < 4.78 is 2.44. The van der Waals surface area contributed by atoms with Crippen molar-refractivity contribution in [2.75, 3.05) is 0 Å². The van der Waals surface area contributed by atoms with E-state index in [1.165, 1.54) is 92.8 Å². The normalized spacial score (nSPS) is 11.8. The Kier molecular flexibility index (Phi) is 5.64. The highest BCUT2D eigenvalue weighted by Gasteiger charge is 2.22. The zero-order valence-corrected chi connectivity index (χ0v) is 25.7. The van der Waals surface area contributed by atoms with Crippen LogP contribution in [0.1, 0.15) is 0 Å².